The summed E-state index contributed by atoms with van der Waals surface area (Å²) >= 11 is 1.33. The molecule has 7 nitrogen and oxygen atoms in total. The van der Waals surface area contributed by atoms with Crippen LogP contribution in [0.4, 0.5) is 9.80 Å². The van der Waals surface area contributed by atoms with Gasteiger partial charge in [0.05, 0.1) is 25.3 Å². The van der Waals surface area contributed by atoms with Crippen LogP contribution in [0.1, 0.15) is 31.9 Å². The van der Waals surface area contributed by atoms with Gasteiger partial charge in [-0.05, 0) is 29.7 Å². The van der Waals surface area contributed by atoms with Gasteiger partial charge in [-0.1, -0.05) is 48.5 Å². The van der Waals surface area contributed by atoms with Crippen molar-refractivity contribution in [3.8, 4) is 6.07 Å². The van der Waals surface area contributed by atoms with Crippen LogP contribution < -0.4 is 5.32 Å². The van der Waals surface area contributed by atoms with Crippen LogP contribution in [0, 0.1) is 11.3 Å². The van der Waals surface area contributed by atoms with Crippen LogP contribution in [0.2, 0.25) is 0 Å². The first-order valence-corrected chi connectivity index (χ1v) is 11.4. The Morgan fingerprint density at radius 1 is 1.06 bits per heavy atom. The van der Waals surface area contributed by atoms with Crippen molar-refractivity contribution < 1.29 is 19.1 Å². The van der Waals surface area contributed by atoms with Crippen molar-refractivity contribution >= 4 is 28.3 Å². The molecule has 0 saturated carbocycles. The Morgan fingerprint density at radius 3 is 2.52 bits per heavy atom. The summed E-state index contributed by atoms with van der Waals surface area (Å²) in [5, 5.41) is 13.0. The van der Waals surface area contributed by atoms with Crippen molar-refractivity contribution in [2.75, 3.05) is 25.1 Å². The van der Waals surface area contributed by atoms with Crippen molar-refractivity contribution in [3.05, 3.63) is 87.8 Å². The molecule has 33 heavy (non-hydrogen) atoms. The van der Waals surface area contributed by atoms with Crippen molar-refractivity contribution in [1.82, 2.24) is 4.90 Å². The number of nitrogens with one attached hydrogen (secondary N) is 1. The summed E-state index contributed by atoms with van der Waals surface area (Å²) in [7, 11) is 0. The van der Waals surface area contributed by atoms with Crippen molar-refractivity contribution in [2.45, 2.75) is 19.6 Å². The molecular weight excluding hydrogens is 438 g/mol. The van der Waals surface area contributed by atoms with Gasteiger partial charge in [-0.25, -0.2) is 4.79 Å². The lowest BCUT2D eigenvalue weighted by atomic mass is 10.0. The van der Waals surface area contributed by atoms with E-state index in [1.54, 1.807) is 29.2 Å². The molecular formula is C25H23N3O4S. The van der Waals surface area contributed by atoms with Gasteiger partial charge >= 0.3 is 6.09 Å². The van der Waals surface area contributed by atoms with E-state index in [0.29, 0.717) is 48.9 Å². The lowest BCUT2D eigenvalue weighted by Crippen LogP contribution is -2.36. The summed E-state index contributed by atoms with van der Waals surface area (Å²) in [6.45, 7) is 1.75. The third kappa shape index (κ3) is 5.58. The maximum absolute atomic E-state index is 12.5. The SMILES string of the molecule is N#Cc1c(NC(=O)c2ccccc2)sc2c1CCN(C(=O)OCCOCc1ccccc1)C2. The van der Waals surface area contributed by atoms with Crippen molar-refractivity contribution in [3.63, 3.8) is 0 Å². The lowest BCUT2D eigenvalue weighted by Gasteiger charge is -2.26. The maximum atomic E-state index is 12.5. The van der Waals surface area contributed by atoms with E-state index in [9.17, 15) is 14.9 Å². The van der Waals surface area contributed by atoms with E-state index in [1.807, 2.05) is 36.4 Å². The number of nitrogens with zero attached hydrogens (tertiary/aromatic N) is 2. The molecule has 8 heteroatoms. The van der Waals surface area contributed by atoms with Crippen LogP contribution in [0.3, 0.4) is 0 Å². The number of nitriles is 1. The number of thiophene rings is 1. The first-order valence-electron chi connectivity index (χ1n) is 10.6. The molecule has 1 aliphatic heterocycles. The Labute approximate surface area is 196 Å². The zero-order valence-corrected chi connectivity index (χ0v) is 18.8. The molecule has 4 rings (SSSR count). The quantitative estimate of drug-likeness (QED) is 0.520. The van der Waals surface area contributed by atoms with Gasteiger partial charge in [0, 0.05) is 17.0 Å². The molecule has 0 radical (unpaired) electrons. The fourth-order valence-electron chi connectivity index (χ4n) is 3.57. The highest BCUT2D eigenvalue weighted by Gasteiger charge is 2.28. The summed E-state index contributed by atoms with van der Waals surface area (Å²) in [5.41, 5.74) is 2.95. The zero-order valence-electron chi connectivity index (χ0n) is 18.0. The third-order valence-corrected chi connectivity index (χ3v) is 6.39. The molecule has 2 amide bonds. The first kappa shape index (κ1) is 22.5. The highest BCUT2D eigenvalue weighted by molar-refractivity contribution is 7.16. The standard InChI is InChI=1S/C25H23N3O4S/c26-15-21-20-11-12-28(25(30)32-14-13-31-17-18-7-3-1-4-8-18)16-22(20)33-24(21)27-23(29)19-9-5-2-6-10-19/h1-10H,11-14,16-17H2,(H,27,29). The molecule has 0 atom stereocenters. The summed E-state index contributed by atoms with van der Waals surface area (Å²) < 4.78 is 10.9. The minimum absolute atomic E-state index is 0.168. The van der Waals surface area contributed by atoms with Gasteiger partial charge in [-0.3, -0.25) is 4.79 Å². The first-order chi connectivity index (χ1) is 16.2. The molecule has 1 aromatic heterocycles. The number of fused-ring (bicyclic) bond motifs is 1. The van der Waals surface area contributed by atoms with Gasteiger partial charge in [-0.2, -0.15) is 5.26 Å². The van der Waals surface area contributed by atoms with Gasteiger partial charge in [0.2, 0.25) is 0 Å². The number of benzene rings is 2. The van der Waals surface area contributed by atoms with E-state index in [-0.39, 0.29) is 12.5 Å². The summed E-state index contributed by atoms with van der Waals surface area (Å²) in [4.78, 5) is 27.5. The second-order valence-electron chi connectivity index (χ2n) is 7.46. The molecule has 3 aromatic rings. The molecule has 0 bridgehead atoms. The molecule has 168 valence electrons. The number of anilines is 1. The normalized spacial score (nSPS) is 12.5. The summed E-state index contributed by atoms with van der Waals surface area (Å²) in [6, 6.07) is 20.9. The lowest BCUT2D eigenvalue weighted by molar-refractivity contribution is 0.0472. The molecule has 0 saturated heterocycles. The van der Waals surface area contributed by atoms with Crippen LogP contribution >= 0.6 is 11.3 Å². The van der Waals surface area contributed by atoms with Crippen LogP contribution in [0.15, 0.2) is 60.7 Å². The van der Waals surface area contributed by atoms with Crippen LogP contribution in [0.5, 0.6) is 0 Å². The average Bonchev–Trinajstić information content (AvgIpc) is 3.20. The third-order valence-electron chi connectivity index (χ3n) is 5.25. The van der Waals surface area contributed by atoms with E-state index in [0.717, 1.165) is 16.0 Å². The van der Waals surface area contributed by atoms with E-state index in [4.69, 9.17) is 9.47 Å². The van der Waals surface area contributed by atoms with E-state index < -0.39 is 6.09 Å². The summed E-state index contributed by atoms with van der Waals surface area (Å²) in [5.74, 6) is -0.266. The fourth-order valence-corrected chi connectivity index (χ4v) is 4.78. The Balaban J connectivity index is 1.31. The number of amides is 2. The minimum Gasteiger partial charge on any atom is -0.447 e. The molecule has 0 fully saturated rings. The zero-order chi connectivity index (χ0) is 23.0. The number of hydrogen-bond acceptors (Lipinski definition) is 6. The minimum atomic E-state index is -0.411. The van der Waals surface area contributed by atoms with Gasteiger partial charge < -0.3 is 19.7 Å². The predicted molar refractivity (Wildman–Crippen MR) is 125 cm³/mol. The predicted octanol–water partition coefficient (Wildman–Crippen LogP) is 4.58. The van der Waals surface area contributed by atoms with E-state index in [2.05, 4.69) is 11.4 Å². The van der Waals surface area contributed by atoms with Gasteiger partial charge in [-0.15, -0.1) is 11.3 Å². The van der Waals surface area contributed by atoms with Gasteiger partial charge in [0.25, 0.3) is 5.91 Å². The van der Waals surface area contributed by atoms with Crippen LogP contribution in [0.25, 0.3) is 0 Å². The largest absolute Gasteiger partial charge is 0.447 e. The molecule has 0 aliphatic carbocycles. The van der Waals surface area contributed by atoms with Crippen molar-refractivity contribution in [2.24, 2.45) is 0 Å². The molecule has 1 N–H and O–H groups in total. The van der Waals surface area contributed by atoms with E-state index >= 15 is 0 Å². The van der Waals surface area contributed by atoms with Crippen molar-refractivity contribution in [1.29, 1.82) is 5.26 Å². The number of rotatable bonds is 7. The molecule has 0 unspecified atom stereocenters. The monoisotopic (exact) mass is 461 g/mol. The number of carbonyl (C=O) groups excluding carboxylic acids is 2. The molecule has 2 heterocycles. The fraction of sp³-hybridized carbons (Fsp3) is 0.240. The number of carbonyl (C=O) groups is 2. The Morgan fingerprint density at radius 2 is 1.79 bits per heavy atom. The highest BCUT2D eigenvalue weighted by Crippen LogP contribution is 2.37. The molecule has 0 spiro atoms. The number of ether oxygens (including phenoxy) is 2. The van der Waals surface area contributed by atoms with Gasteiger partial charge in [0.1, 0.15) is 17.7 Å². The Hall–Kier alpha value is -3.67. The maximum Gasteiger partial charge on any atom is 0.410 e. The molecule has 2 aromatic carbocycles. The van der Waals surface area contributed by atoms with Crippen LogP contribution in [-0.2, 0) is 29.0 Å². The van der Waals surface area contributed by atoms with E-state index in [1.165, 1.54) is 11.3 Å². The Kier molecular flexibility index (Phi) is 7.35. The molecule has 1 aliphatic rings. The second kappa shape index (κ2) is 10.8. The smallest absolute Gasteiger partial charge is 0.410 e. The average molecular weight is 462 g/mol. The second-order valence-corrected chi connectivity index (χ2v) is 8.57. The summed E-state index contributed by atoms with van der Waals surface area (Å²) in [6.07, 6.45) is 0.126. The van der Waals surface area contributed by atoms with Crippen LogP contribution in [-0.4, -0.2) is 36.7 Å². The highest BCUT2D eigenvalue weighted by atomic mass is 32.1. The van der Waals surface area contributed by atoms with Gasteiger partial charge in [0.15, 0.2) is 0 Å². The Bertz CT molecular complexity index is 1160. The topological polar surface area (TPSA) is 91.7 Å². The number of hydrogen-bond donors (Lipinski definition) is 1.